The summed E-state index contributed by atoms with van der Waals surface area (Å²) >= 11 is 5.97. The Morgan fingerprint density at radius 2 is 1.86 bits per heavy atom. The van der Waals surface area contributed by atoms with Gasteiger partial charge in [-0.1, -0.05) is 11.6 Å². The van der Waals surface area contributed by atoms with Crippen LogP contribution >= 0.6 is 11.6 Å². The number of carboxylic acids is 1. The topological polar surface area (TPSA) is 111 Å². The molecule has 1 atom stereocenters. The number of carboxylic acid groups (broad SMARTS) is 1. The highest BCUT2D eigenvalue weighted by atomic mass is 35.5. The van der Waals surface area contributed by atoms with E-state index in [1.54, 1.807) is 42.5 Å². The van der Waals surface area contributed by atoms with Crippen LogP contribution in [0, 0.1) is 0 Å². The maximum atomic E-state index is 11.7. The Morgan fingerprint density at radius 1 is 1.14 bits per heavy atom. The second-order valence-corrected chi connectivity index (χ2v) is 6.22. The highest BCUT2D eigenvalue weighted by molar-refractivity contribution is 6.31. The third-order valence-corrected chi connectivity index (χ3v) is 3.86. The van der Waals surface area contributed by atoms with E-state index >= 15 is 0 Å². The fourth-order valence-electron chi connectivity index (χ4n) is 2.29. The van der Waals surface area contributed by atoms with Crippen molar-refractivity contribution >= 4 is 34.5 Å². The summed E-state index contributed by atoms with van der Waals surface area (Å²) in [7, 11) is 0. The van der Waals surface area contributed by atoms with E-state index in [1.165, 1.54) is 13.1 Å². The molecule has 144 valence electrons. The number of benzene rings is 2. The van der Waals surface area contributed by atoms with E-state index in [4.69, 9.17) is 26.2 Å². The highest BCUT2D eigenvalue weighted by Crippen LogP contribution is 2.24. The van der Waals surface area contributed by atoms with Crippen molar-refractivity contribution in [3.8, 4) is 17.4 Å². The maximum absolute atomic E-state index is 11.7. The third-order valence-electron chi connectivity index (χ3n) is 3.62. The first-order valence-electron chi connectivity index (χ1n) is 8.27. The normalized spacial score (nSPS) is 11.6. The summed E-state index contributed by atoms with van der Waals surface area (Å²) in [6.45, 7) is 1.06. The number of aliphatic carboxylic acids is 1. The molecule has 0 aliphatic rings. The van der Waals surface area contributed by atoms with Crippen molar-refractivity contribution in [2.24, 2.45) is 0 Å². The minimum absolute atomic E-state index is 0.310. The number of halogens is 1. The Labute approximate surface area is 165 Å². The fraction of sp³-hybridized carbons (Fsp3) is 0.158. The molecule has 0 spiro atoms. The molecule has 9 heteroatoms. The second-order valence-electron chi connectivity index (χ2n) is 5.79. The zero-order chi connectivity index (χ0) is 20.1. The van der Waals surface area contributed by atoms with Crippen LogP contribution in [0.3, 0.4) is 0 Å². The molecule has 1 amide bonds. The maximum Gasteiger partial charge on any atom is 0.322 e. The van der Waals surface area contributed by atoms with E-state index in [2.05, 4.69) is 15.3 Å². The van der Waals surface area contributed by atoms with Crippen molar-refractivity contribution < 1.29 is 24.2 Å². The van der Waals surface area contributed by atoms with Gasteiger partial charge in [-0.15, -0.1) is 0 Å². The Hall–Kier alpha value is -3.39. The van der Waals surface area contributed by atoms with Gasteiger partial charge < -0.3 is 19.9 Å². The third kappa shape index (κ3) is 5.08. The quantitative estimate of drug-likeness (QED) is 0.625. The van der Waals surface area contributed by atoms with Gasteiger partial charge in [0.05, 0.1) is 17.2 Å². The van der Waals surface area contributed by atoms with Crippen molar-refractivity contribution in [3.05, 3.63) is 53.7 Å². The number of nitrogens with zero attached hydrogens (tertiary/aromatic N) is 2. The Morgan fingerprint density at radius 3 is 2.57 bits per heavy atom. The van der Waals surface area contributed by atoms with Crippen LogP contribution in [0.2, 0.25) is 5.02 Å². The summed E-state index contributed by atoms with van der Waals surface area (Å²) in [6, 6.07) is 11.8. The van der Waals surface area contributed by atoms with E-state index in [0.717, 1.165) is 0 Å². The van der Waals surface area contributed by atoms with Crippen molar-refractivity contribution in [2.75, 3.05) is 6.54 Å². The average molecular weight is 402 g/mol. The smallest absolute Gasteiger partial charge is 0.322 e. The molecule has 1 aromatic heterocycles. The molecule has 3 aromatic rings. The lowest BCUT2D eigenvalue weighted by Crippen LogP contribution is -2.39. The van der Waals surface area contributed by atoms with Crippen LogP contribution in [0.1, 0.15) is 6.92 Å². The minimum atomic E-state index is -1.12. The van der Waals surface area contributed by atoms with Gasteiger partial charge in [0.25, 0.3) is 5.91 Å². The van der Waals surface area contributed by atoms with Gasteiger partial charge in [-0.05, 0) is 49.4 Å². The van der Waals surface area contributed by atoms with Crippen molar-refractivity contribution in [1.82, 2.24) is 15.3 Å². The molecule has 0 aliphatic heterocycles. The predicted molar refractivity (Wildman–Crippen MR) is 102 cm³/mol. The zero-order valence-electron chi connectivity index (χ0n) is 14.8. The minimum Gasteiger partial charge on any atom is -0.481 e. The van der Waals surface area contributed by atoms with Crippen LogP contribution in [-0.2, 0) is 9.59 Å². The molecule has 0 aliphatic carbocycles. The van der Waals surface area contributed by atoms with Gasteiger partial charge in [0, 0.05) is 5.02 Å². The largest absolute Gasteiger partial charge is 0.481 e. The summed E-state index contributed by atoms with van der Waals surface area (Å²) in [5, 5.41) is 11.4. The number of fused-ring (bicyclic) bond motifs is 1. The molecule has 1 heterocycles. The van der Waals surface area contributed by atoms with Crippen LogP contribution in [0.15, 0.2) is 48.7 Å². The SMILES string of the molecule is CC(Oc1ccc(Oc2cnc3ccc(Cl)cc3n2)cc1)C(=O)NCC(=O)O. The van der Waals surface area contributed by atoms with Crippen LogP contribution in [0.5, 0.6) is 17.4 Å². The van der Waals surface area contributed by atoms with Crippen LogP contribution in [0.4, 0.5) is 0 Å². The van der Waals surface area contributed by atoms with Gasteiger partial charge in [-0.2, -0.15) is 0 Å². The van der Waals surface area contributed by atoms with Crippen molar-refractivity contribution in [1.29, 1.82) is 0 Å². The number of hydrogen-bond acceptors (Lipinski definition) is 6. The summed E-state index contributed by atoms with van der Waals surface area (Å²) < 4.78 is 11.2. The lowest BCUT2D eigenvalue weighted by atomic mass is 10.3. The highest BCUT2D eigenvalue weighted by Gasteiger charge is 2.15. The lowest BCUT2D eigenvalue weighted by molar-refractivity contribution is -0.139. The first-order valence-corrected chi connectivity index (χ1v) is 8.65. The predicted octanol–water partition coefficient (Wildman–Crippen LogP) is 3.04. The number of aromatic nitrogens is 2. The Bertz CT molecular complexity index is 1010. The van der Waals surface area contributed by atoms with Crippen LogP contribution in [0.25, 0.3) is 11.0 Å². The van der Waals surface area contributed by atoms with Gasteiger partial charge in [0.2, 0.25) is 5.88 Å². The second kappa shape index (κ2) is 8.53. The van der Waals surface area contributed by atoms with E-state index in [1.807, 2.05) is 0 Å². The molecule has 2 N–H and O–H groups in total. The number of nitrogens with one attached hydrogen (secondary N) is 1. The number of carbonyl (C=O) groups excluding carboxylic acids is 1. The number of carbonyl (C=O) groups is 2. The van der Waals surface area contributed by atoms with Gasteiger partial charge in [-0.25, -0.2) is 9.97 Å². The van der Waals surface area contributed by atoms with Gasteiger partial charge in [-0.3, -0.25) is 9.59 Å². The molecule has 0 saturated carbocycles. The van der Waals surface area contributed by atoms with E-state index in [9.17, 15) is 9.59 Å². The number of hydrogen-bond donors (Lipinski definition) is 2. The summed E-state index contributed by atoms with van der Waals surface area (Å²) in [6.07, 6.45) is 0.664. The van der Waals surface area contributed by atoms with Gasteiger partial charge in [0.15, 0.2) is 6.10 Å². The molecule has 0 saturated heterocycles. The average Bonchev–Trinajstić information content (AvgIpc) is 2.67. The molecule has 0 fully saturated rings. The van der Waals surface area contributed by atoms with Gasteiger partial charge >= 0.3 is 5.97 Å². The number of ether oxygens (including phenoxy) is 2. The zero-order valence-corrected chi connectivity index (χ0v) is 15.5. The van der Waals surface area contributed by atoms with E-state index in [-0.39, 0.29) is 0 Å². The fourth-order valence-corrected chi connectivity index (χ4v) is 2.45. The molecular weight excluding hydrogens is 386 g/mol. The molecule has 28 heavy (non-hydrogen) atoms. The first kappa shape index (κ1) is 19.4. The first-order chi connectivity index (χ1) is 13.4. The standard InChI is InChI=1S/C19H16ClN3O5/c1-11(19(26)22-10-18(24)25)27-13-3-5-14(6-4-13)28-17-9-21-15-7-2-12(20)8-16(15)23-17/h2-9,11H,10H2,1H3,(H,22,26)(H,24,25). The van der Waals surface area contributed by atoms with Crippen molar-refractivity contribution in [2.45, 2.75) is 13.0 Å². The van der Waals surface area contributed by atoms with E-state index in [0.29, 0.717) is 33.4 Å². The summed E-state index contributed by atoms with van der Waals surface area (Å²) in [4.78, 5) is 30.8. The van der Waals surface area contributed by atoms with Crippen LogP contribution < -0.4 is 14.8 Å². The molecular formula is C19H16ClN3O5. The number of rotatable bonds is 7. The Balaban J connectivity index is 1.62. The molecule has 0 bridgehead atoms. The lowest BCUT2D eigenvalue weighted by Gasteiger charge is -2.14. The monoisotopic (exact) mass is 401 g/mol. The van der Waals surface area contributed by atoms with E-state index < -0.39 is 24.5 Å². The number of amides is 1. The molecule has 0 radical (unpaired) electrons. The molecule has 1 unspecified atom stereocenters. The molecule has 3 rings (SSSR count). The molecule has 2 aromatic carbocycles. The van der Waals surface area contributed by atoms with Crippen LogP contribution in [-0.4, -0.2) is 39.6 Å². The summed E-state index contributed by atoms with van der Waals surface area (Å²) in [5.41, 5.74) is 1.32. The molecule has 8 nitrogen and oxygen atoms in total. The van der Waals surface area contributed by atoms with Crippen molar-refractivity contribution in [3.63, 3.8) is 0 Å². The Kier molecular flexibility index (Phi) is 5.90. The van der Waals surface area contributed by atoms with Gasteiger partial charge in [0.1, 0.15) is 18.0 Å². The summed E-state index contributed by atoms with van der Waals surface area (Å²) in [5.74, 6) is -0.397.